The molecule has 0 bridgehead atoms. The van der Waals surface area contributed by atoms with Crippen LogP contribution in [0.2, 0.25) is 0 Å². The van der Waals surface area contributed by atoms with Gasteiger partial charge in [0.25, 0.3) is 0 Å². The predicted molar refractivity (Wildman–Crippen MR) is 139 cm³/mol. The molecule has 1 saturated carbocycles. The summed E-state index contributed by atoms with van der Waals surface area (Å²) in [6.07, 6.45) is 2.19. The van der Waals surface area contributed by atoms with Crippen molar-refractivity contribution in [1.29, 1.82) is 0 Å². The van der Waals surface area contributed by atoms with Crippen molar-refractivity contribution in [3.8, 4) is 0 Å². The van der Waals surface area contributed by atoms with Gasteiger partial charge in [-0.05, 0) is 35.7 Å². The minimum atomic E-state index is -0.0458. The van der Waals surface area contributed by atoms with E-state index < -0.39 is 0 Å². The standard InChI is InChI=1S/C30H30N2/c1-29(2)19-20-30(3,4)28(32-26-18-10-14-22-12-6-8-16-24(22)26)27(29)31-25-17-9-13-21-11-5-7-15-23(21)25/h5-18H,19-20H2,1-4H3. The quantitative estimate of drug-likeness (QED) is 0.311. The molecule has 5 rings (SSSR count). The molecular weight excluding hydrogens is 388 g/mol. The number of hydrogen-bond acceptors (Lipinski definition) is 2. The smallest absolute Gasteiger partial charge is 0.0712 e. The molecule has 160 valence electrons. The number of aliphatic imine (C=N–C) groups is 2. The minimum Gasteiger partial charge on any atom is -0.250 e. The van der Waals surface area contributed by atoms with Gasteiger partial charge in [-0.15, -0.1) is 0 Å². The molecule has 0 aliphatic heterocycles. The Labute approximate surface area is 190 Å². The summed E-state index contributed by atoms with van der Waals surface area (Å²) in [6, 6.07) is 29.7. The average molecular weight is 419 g/mol. The van der Waals surface area contributed by atoms with Crippen molar-refractivity contribution in [2.24, 2.45) is 20.8 Å². The monoisotopic (exact) mass is 418 g/mol. The van der Waals surface area contributed by atoms with Crippen molar-refractivity contribution >= 4 is 44.3 Å². The summed E-state index contributed by atoms with van der Waals surface area (Å²) in [5.74, 6) is 0. The summed E-state index contributed by atoms with van der Waals surface area (Å²) in [5, 5.41) is 4.81. The molecule has 1 fully saturated rings. The molecule has 0 unspecified atom stereocenters. The first-order valence-electron chi connectivity index (χ1n) is 11.5. The van der Waals surface area contributed by atoms with Gasteiger partial charge in [0, 0.05) is 21.6 Å². The highest BCUT2D eigenvalue weighted by molar-refractivity contribution is 6.47. The van der Waals surface area contributed by atoms with E-state index in [4.69, 9.17) is 9.98 Å². The second-order valence-electron chi connectivity index (χ2n) is 10.2. The zero-order chi connectivity index (χ0) is 22.3. The van der Waals surface area contributed by atoms with Crippen molar-refractivity contribution in [3.05, 3.63) is 84.9 Å². The molecule has 0 saturated heterocycles. The molecule has 0 amide bonds. The van der Waals surface area contributed by atoms with Crippen LogP contribution >= 0.6 is 0 Å². The lowest BCUT2D eigenvalue weighted by atomic mass is 9.64. The van der Waals surface area contributed by atoms with Crippen LogP contribution in [0.5, 0.6) is 0 Å². The molecule has 1 aliphatic carbocycles. The Hall–Kier alpha value is -3.26. The average Bonchev–Trinajstić information content (AvgIpc) is 2.79. The van der Waals surface area contributed by atoms with Crippen LogP contribution in [0.15, 0.2) is 94.9 Å². The summed E-state index contributed by atoms with van der Waals surface area (Å²) in [4.78, 5) is 10.7. The van der Waals surface area contributed by atoms with Crippen molar-refractivity contribution in [3.63, 3.8) is 0 Å². The van der Waals surface area contributed by atoms with Gasteiger partial charge in [-0.3, -0.25) is 9.98 Å². The maximum atomic E-state index is 5.34. The maximum Gasteiger partial charge on any atom is 0.0712 e. The molecule has 0 heterocycles. The second kappa shape index (κ2) is 7.70. The highest BCUT2D eigenvalue weighted by Gasteiger charge is 2.42. The van der Waals surface area contributed by atoms with Crippen LogP contribution in [0.1, 0.15) is 40.5 Å². The van der Waals surface area contributed by atoms with Gasteiger partial charge in [-0.1, -0.05) is 100 Å². The van der Waals surface area contributed by atoms with Gasteiger partial charge in [0.1, 0.15) is 0 Å². The maximum absolute atomic E-state index is 5.34. The number of rotatable bonds is 2. The molecule has 0 spiro atoms. The van der Waals surface area contributed by atoms with E-state index in [1.165, 1.54) is 21.5 Å². The van der Waals surface area contributed by atoms with Gasteiger partial charge in [0.2, 0.25) is 0 Å². The fourth-order valence-electron chi connectivity index (χ4n) is 4.76. The van der Waals surface area contributed by atoms with Crippen LogP contribution in [0.4, 0.5) is 11.4 Å². The number of nitrogens with zero attached hydrogens (tertiary/aromatic N) is 2. The van der Waals surface area contributed by atoms with Crippen LogP contribution in [0.3, 0.4) is 0 Å². The molecule has 0 radical (unpaired) electrons. The molecule has 0 aromatic heterocycles. The Bertz CT molecular complexity index is 1250. The van der Waals surface area contributed by atoms with Crippen LogP contribution in [0.25, 0.3) is 21.5 Å². The summed E-state index contributed by atoms with van der Waals surface area (Å²) >= 11 is 0. The molecule has 2 nitrogen and oxygen atoms in total. The van der Waals surface area contributed by atoms with E-state index in [1.54, 1.807) is 0 Å². The van der Waals surface area contributed by atoms with E-state index >= 15 is 0 Å². The molecule has 2 heteroatoms. The van der Waals surface area contributed by atoms with Crippen molar-refractivity contribution in [2.75, 3.05) is 0 Å². The zero-order valence-electron chi connectivity index (χ0n) is 19.4. The lowest BCUT2D eigenvalue weighted by Crippen LogP contribution is -2.45. The highest BCUT2D eigenvalue weighted by atomic mass is 14.9. The molecule has 0 atom stereocenters. The Morgan fingerprint density at radius 3 is 1.31 bits per heavy atom. The minimum absolute atomic E-state index is 0.0458. The van der Waals surface area contributed by atoms with Gasteiger partial charge >= 0.3 is 0 Å². The van der Waals surface area contributed by atoms with Crippen LogP contribution < -0.4 is 0 Å². The number of hydrogen-bond donors (Lipinski definition) is 0. The van der Waals surface area contributed by atoms with Crippen molar-refractivity contribution in [1.82, 2.24) is 0 Å². The predicted octanol–water partition coefficient (Wildman–Crippen LogP) is 8.68. The van der Waals surface area contributed by atoms with Gasteiger partial charge in [0.15, 0.2) is 0 Å². The Morgan fingerprint density at radius 2 is 0.875 bits per heavy atom. The van der Waals surface area contributed by atoms with E-state index in [0.717, 1.165) is 35.6 Å². The first-order chi connectivity index (χ1) is 15.4. The number of fused-ring (bicyclic) bond motifs is 2. The molecule has 1 aliphatic rings. The van der Waals surface area contributed by atoms with Gasteiger partial charge in [-0.2, -0.15) is 0 Å². The molecule has 32 heavy (non-hydrogen) atoms. The third-order valence-electron chi connectivity index (χ3n) is 6.88. The van der Waals surface area contributed by atoms with E-state index in [1.807, 2.05) is 0 Å². The molecule has 4 aromatic carbocycles. The van der Waals surface area contributed by atoms with Gasteiger partial charge < -0.3 is 0 Å². The van der Waals surface area contributed by atoms with Gasteiger partial charge in [-0.25, -0.2) is 0 Å². The highest BCUT2D eigenvalue weighted by Crippen LogP contribution is 2.44. The fraction of sp³-hybridized carbons (Fsp3) is 0.267. The van der Waals surface area contributed by atoms with Gasteiger partial charge in [0.05, 0.1) is 22.8 Å². The summed E-state index contributed by atoms with van der Waals surface area (Å²) < 4.78 is 0. The lowest BCUT2D eigenvalue weighted by Gasteiger charge is -2.42. The second-order valence-corrected chi connectivity index (χ2v) is 10.2. The number of benzene rings is 4. The summed E-state index contributed by atoms with van der Waals surface area (Å²) in [5.41, 5.74) is 4.17. The topological polar surface area (TPSA) is 24.7 Å². The summed E-state index contributed by atoms with van der Waals surface area (Å²) in [6.45, 7) is 9.24. The third-order valence-corrected chi connectivity index (χ3v) is 6.88. The van der Waals surface area contributed by atoms with Crippen LogP contribution in [-0.4, -0.2) is 11.4 Å². The van der Waals surface area contributed by atoms with Crippen molar-refractivity contribution in [2.45, 2.75) is 40.5 Å². The first kappa shape index (κ1) is 20.6. The SMILES string of the molecule is CC1(C)CCC(C)(C)C(=Nc2cccc3ccccc23)C1=Nc1cccc2ccccc12. The van der Waals surface area contributed by atoms with E-state index in [0.29, 0.717) is 0 Å². The molecule has 4 aromatic rings. The summed E-state index contributed by atoms with van der Waals surface area (Å²) in [7, 11) is 0. The van der Waals surface area contributed by atoms with E-state index in [2.05, 4.69) is 113 Å². The third kappa shape index (κ3) is 3.64. The largest absolute Gasteiger partial charge is 0.250 e. The molecular formula is C30H30N2. The first-order valence-corrected chi connectivity index (χ1v) is 11.5. The van der Waals surface area contributed by atoms with Crippen LogP contribution in [0, 0.1) is 10.8 Å². The Morgan fingerprint density at radius 1 is 0.500 bits per heavy atom. The van der Waals surface area contributed by atoms with Crippen LogP contribution in [-0.2, 0) is 0 Å². The lowest BCUT2D eigenvalue weighted by molar-refractivity contribution is 0.347. The zero-order valence-corrected chi connectivity index (χ0v) is 19.4. The Kier molecular flexibility index (Phi) is 4.97. The fourth-order valence-corrected chi connectivity index (χ4v) is 4.76. The van der Waals surface area contributed by atoms with Crippen molar-refractivity contribution < 1.29 is 0 Å². The normalized spacial score (nSPS) is 20.2. The Balaban J connectivity index is 1.76. The van der Waals surface area contributed by atoms with E-state index in [-0.39, 0.29) is 10.8 Å². The molecule has 0 N–H and O–H groups in total. The van der Waals surface area contributed by atoms with E-state index in [9.17, 15) is 0 Å².